The first-order valence-electron chi connectivity index (χ1n) is 5.13. The van der Waals surface area contributed by atoms with Crippen molar-refractivity contribution >= 4 is 5.97 Å². The number of carboxylic acid groups (broad SMARTS) is 1. The molecule has 1 aromatic heterocycles. The summed E-state index contributed by atoms with van der Waals surface area (Å²) >= 11 is 0. The summed E-state index contributed by atoms with van der Waals surface area (Å²) in [6.07, 6.45) is 2.45. The summed E-state index contributed by atoms with van der Waals surface area (Å²) in [4.78, 5) is 13.2. The maximum atomic E-state index is 11.1. The predicted molar refractivity (Wildman–Crippen MR) is 54.7 cm³/mol. The monoisotopic (exact) mass is 209 g/mol. The quantitative estimate of drug-likeness (QED) is 0.800. The van der Waals surface area contributed by atoms with Gasteiger partial charge in [0.1, 0.15) is 5.76 Å². The van der Waals surface area contributed by atoms with Gasteiger partial charge in [0.15, 0.2) is 0 Å². The maximum Gasteiger partial charge on any atom is 0.308 e. The standard InChI is InChI=1S/C11H15NO3/c1-12-5-4-8(9(7-12)11(13)14)10-3-2-6-15-10/h2-3,6,8-9H,4-5,7H2,1H3,(H,13,14). The molecular weight excluding hydrogens is 194 g/mol. The molecule has 4 heteroatoms. The van der Waals surface area contributed by atoms with Crippen molar-refractivity contribution in [2.75, 3.05) is 20.1 Å². The molecule has 82 valence electrons. The normalized spacial score (nSPS) is 27.8. The summed E-state index contributed by atoms with van der Waals surface area (Å²) in [7, 11) is 1.95. The summed E-state index contributed by atoms with van der Waals surface area (Å²) in [6, 6.07) is 3.68. The molecule has 0 amide bonds. The van der Waals surface area contributed by atoms with Crippen LogP contribution < -0.4 is 0 Å². The number of piperidine rings is 1. The van der Waals surface area contributed by atoms with Crippen LogP contribution in [0.2, 0.25) is 0 Å². The van der Waals surface area contributed by atoms with Gasteiger partial charge in [0.05, 0.1) is 12.2 Å². The van der Waals surface area contributed by atoms with Gasteiger partial charge in [-0.2, -0.15) is 0 Å². The van der Waals surface area contributed by atoms with Gasteiger partial charge < -0.3 is 14.4 Å². The van der Waals surface area contributed by atoms with Crippen molar-refractivity contribution in [1.82, 2.24) is 4.90 Å². The Kier molecular flexibility index (Phi) is 2.77. The molecule has 2 heterocycles. The van der Waals surface area contributed by atoms with Gasteiger partial charge in [-0.25, -0.2) is 0 Å². The van der Waals surface area contributed by atoms with Crippen molar-refractivity contribution in [3.8, 4) is 0 Å². The topological polar surface area (TPSA) is 53.7 Å². The molecule has 0 bridgehead atoms. The Labute approximate surface area is 88.5 Å². The third-order valence-corrected chi connectivity index (χ3v) is 3.04. The van der Waals surface area contributed by atoms with Crippen LogP contribution in [0.1, 0.15) is 18.1 Å². The molecule has 1 N–H and O–H groups in total. The van der Waals surface area contributed by atoms with Gasteiger partial charge in [-0.3, -0.25) is 4.79 Å². The number of hydrogen-bond acceptors (Lipinski definition) is 3. The summed E-state index contributed by atoms with van der Waals surface area (Å²) in [5, 5.41) is 9.16. The van der Waals surface area contributed by atoms with Gasteiger partial charge in [-0.05, 0) is 32.1 Å². The molecule has 1 aliphatic heterocycles. The smallest absolute Gasteiger partial charge is 0.308 e. The molecule has 1 saturated heterocycles. The molecule has 2 rings (SSSR count). The molecule has 2 unspecified atom stereocenters. The molecule has 0 spiro atoms. The highest BCUT2D eigenvalue weighted by Gasteiger charge is 2.35. The van der Waals surface area contributed by atoms with Gasteiger partial charge in [-0.15, -0.1) is 0 Å². The molecule has 0 aliphatic carbocycles. The lowest BCUT2D eigenvalue weighted by Crippen LogP contribution is -2.40. The summed E-state index contributed by atoms with van der Waals surface area (Å²) in [5.74, 6) is -0.262. The van der Waals surface area contributed by atoms with Crippen LogP contribution in [-0.2, 0) is 4.79 Å². The summed E-state index contributed by atoms with van der Waals surface area (Å²) < 4.78 is 5.31. The molecule has 1 fully saturated rings. The zero-order valence-electron chi connectivity index (χ0n) is 8.72. The molecule has 1 aliphatic rings. The highest BCUT2D eigenvalue weighted by molar-refractivity contribution is 5.71. The van der Waals surface area contributed by atoms with Crippen LogP contribution in [-0.4, -0.2) is 36.1 Å². The Hall–Kier alpha value is -1.29. The second kappa shape index (κ2) is 4.06. The Morgan fingerprint density at radius 3 is 3.07 bits per heavy atom. The molecular formula is C11H15NO3. The lowest BCUT2D eigenvalue weighted by molar-refractivity contribution is -0.144. The van der Waals surface area contributed by atoms with Crippen LogP contribution in [0.3, 0.4) is 0 Å². The fourth-order valence-corrected chi connectivity index (χ4v) is 2.21. The Morgan fingerprint density at radius 2 is 2.47 bits per heavy atom. The Bertz CT molecular complexity index is 334. The average Bonchev–Trinajstić information content (AvgIpc) is 2.70. The third kappa shape index (κ3) is 2.04. The second-order valence-corrected chi connectivity index (χ2v) is 4.12. The molecule has 0 radical (unpaired) electrons. The van der Waals surface area contributed by atoms with E-state index in [0.717, 1.165) is 18.7 Å². The van der Waals surface area contributed by atoms with Gasteiger partial charge in [0, 0.05) is 12.5 Å². The average molecular weight is 209 g/mol. The van der Waals surface area contributed by atoms with E-state index in [1.54, 1.807) is 6.26 Å². The zero-order valence-corrected chi connectivity index (χ0v) is 8.72. The molecule has 15 heavy (non-hydrogen) atoms. The first-order valence-corrected chi connectivity index (χ1v) is 5.13. The number of carboxylic acids is 1. The van der Waals surface area contributed by atoms with E-state index in [-0.39, 0.29) is 11.8 Å². The van der Waals surface area contributed by atoms with Crippen LogP contribution >= 0.6 is 0 Å². The summed E-state index contributed by atoms with van der Waals surface area (Å²) in [5.41, 5.74) is 0. The van der Waals surface area contributed by atoms with Gasteiger partial charge in [0.2, 0.25) is 0 Å². The van der Waals surface area contributed by atoms with Gasteiger partial charge >= 0.3 is 5.97 Å². The van der Waals surface area contributed by atoms with E-state index >= 15 is 0 Å². The number of likely N-dealkylation sites (tertiary alicyclic amines) is 1. The molecule has 1 aromatic rings. The zero-order chi connectivity index (χ0) is 10.8. The van der Waals surface area contributed by atoms with E-state index in [1.165, 1.54) is 0 Å². The first kappa shape index (κ1) is 10.2. The Morgan fingerprint density at radius 1 is 1.67 bits per heavy atom. The second-order valence-electron chi connectivity index (χ2n) is 4.12. The number of nitrogens with zero attached hydrogens (tertiary/aromatic N) is 1. The van der Waals surface area contributed by atoms with Gasteiger partial charge in [0.25, 0.3) is 0 Å². The minimum atomic E-state index is -0.733. The lowest BCUT2D eigenvalue weighted by Gasteiger charge is -2.33. The molecule has 2 atom stereocenters. The minimum Gasteiger partial charge on any atom is -0.481 e. The number of hydrogen-bond donors (Lipinski definition) is 1. The largest absolute Gasteiger partial charge is 0.481 e. The fourth-order valence-electron chi connectivity index (χ4n) is 2.21. The number of carbonyl (C=O) groups is 1. The first-order chi connectivity index (χ1) is 7.18. The van der Waals surface area contributed by atoms with E-state index in [0.29, 0.717) is 6.54 Å². The van der Waals surface area contributed by atoms with Crippen LogP contribution in [0.4, 0.5) is 0 Å². The molecule has 0 aromatic carbocycles. The minimum absolute atomic E-state index is 0.0219. The highest BCUT2D eigenvalue weighted by Crippen LogP contribution is 2.32. The number of furan rings is 1. The van der Waals surface area contributed by atoms with E-state index in [9.17, 15) is 4.79 Å². The van der Waals surface area contributed by atoms with Crippen molar-refractivity contribution in [1.29, 1.82) is 0 Å². The van der Waals surface area contributed by atoms with Crippen molar-refractivity contribution < 1.29 is 14.3 Å². The summed E-state index contributed by atoms with van der Waals surface area (Å²) in [6.45, 7) is 1.52. The van der Waals surface area contributed by atoms with E-state index in [2.05, 4.69) is 4.90 Å². The van der Waals surface area contributed by atoms with E-state index in [4.69, 9.17) is 9.52 Å². The molecule has 0 saturated carbocycles. The SMILES string of the molecule is CN1CCC(c2ccco2)C(C(=O)O)C1. The van der Waals surface area contributed by atoms with Crippen molar-refractivity contribution in [3.05, 3.63) is 24.2 Å². The highest BCUT2D eigenvalue weighted by atomic mass is 16.4. The number of rotatable bonds is 2. The third-order valence-electron chi connectivity index (χ3n) is 3.04. The van der Waals surface area contributed by atoms with Crippen molar-refractivity contribution in [3.63, 3.8) is 0 Å². The van der Waals surface area contributed by atoms with Crippen molar-refractivity contribution in [2.24, 2.45) is 5.92 Å². The predicted octanol–water partition coefficient (Wildman–Crippen LogP) is 1.40. The van der Waals surface area contributed by atoms with Crippen LogP contribution in [0, 0.1) is 5.92 Å². The molecule has 4 nitrogen and oxygen atoms in total. The Balaban J connectivity index is 2.19. The van der Waals surface area contributed by atoms with Gasteiger partial charge in [-0.1, -0.05) is 0 Å². The van der Waals surface area contributed by atoms with Crippen molar-refractivity contribution in [2.45, 2.75) is 12.3 Å². The van der Waals surface area contributed by atoms with Crippen LogP contribution in [0.25, 0.3) is 0 Å². The lowest BCUT2D eigenvalue weighted by atomic mass is 9.84. The maximum absolute atomic E-state index is 11.1. The van der Waals surface area contributed by atoms with E-state index < -0.39 is 5.97 Å². The van der Waals surface area contributed by atoms with Crippen LogP contribution in [0.15, 0.2) is 22.8 Å². The fraction of sp³-hybridized carbons (Fsp3) is 0.545. The number of aliphatic carboxylic acids is 1. The van der Waals surface area contributed by atoms with Crippen LogP contribution in [0.5, 0.6) is 0 Å². The van der Waals surface area contributed by atoms with E-state index in [1.807, 2.05) is 19.2 Å².